The van der Waals surface area contributed by atoms with Crippen molar-refractivity contribution in [3.8, 4) is 0 Å². The summed E-state index contributed by atoms with van der Waals surface area (Å²) in [5, 5.41) is 3.47. The van der Waals surface area contributed by atoms with Gasteiger partial charge in [0.05, 0.1) is 11.4 Å². The van der Waals surface area contributed by atoms with E-state index in [1.54, 1.807) is 11.8 Å². The molecule has 0 fully saturated rings. The zero-order chi connectivity index (χ0) is 14.7. The van der Waals surface area contributed by atoms with Crippen molar-refractivity contribution in [3.05, 3.63) is 54.3 Å². The predicted octanol–water partition coefficient (Wildman–Crippen LogP) is 4.24. The molecule has 0 radical (unpaired) electrons. The molecule has 0 saturated heterocycles. The van der Waals surface area contributed by atoms with E-state index >= 15 is 0 Å². The van der Waals surface area contributed by atoms with Crippen molar-refractivity contribution < 1.29 is 4.39 Å². The summed E-state index contributed by atoms with van der Waals surface area (Å²) >= 11 is 1.77. The van der Waals surface area contributed by atoms with Gasteiger partial charge in [0.15, 0.2) is 0 Å². The topological polar surface area (TPSA) is 15.3 Å². The minimum Gasteiger partial charge on any atom is -0.381 e. The van der Waals surface area contributed by atoms with Gasteiger partial charge in [0.25, 0.3) is 0 Å². The Hall–Kier alpha value is -1.68. The van der Waals surface area contributed by atoms with Crippen LogP contribution in [0.4, 0.5) is 15.8 Å². The van der Waals surface area contributed by atoms with Crippen molar-refractivity contribution in [1.29, 1.82) is 0 Å². The van der Waals surface area contributed by atoms with Gasteiger partial charge in [-0.15, -0.1) is 11.8 Å². The van der Waals surface area contributed by atoms with Crippen LogP contribution in [0, 0.1) is 5.82 Å². The highest BCUT2D eigenvalue weighted by Crippen LogP contribution is 2.31. The number of benzene rings is 2. The van der Waals surface area contributed by atoms with Crippen LogP contribution in [0.1, 0.15) is 6.92 Å². The highest BCUT2D eigenvalue weighted by atomic mass is 32.2. The maximum absolute atomic E-state index is 12.9. The number of thioether (sulfide) groups is 1. The molecule has 0 aromatic heterocycles. The first-order chi connectivity index (χ1) is 10.2. The summed E-state index contributed by atoms with van der Waals surface area (Å²) in [4.78, 5) is 3.56. The van der Waals surface area contributed by atoms with Crippen LogP contribution in [0.15, 0.2) is 53.4 Å². The molecule has 0 spiro atoms. The molecule has 1 unspecified atom stereocenters. The lowest BCUT2D eigenvalue weighted by Crippen LogP contribution is -2.43. The summed E-state index contributed by atoms with van der Waals surface area (Å²) in [7, 11) is 0. The predicted molar refractivity (Wildman–Crippen MR) is 88.9 cm³/mol. The number of nitrogens with zero attached hydrogens (tertiary/aromatic N) is 1. The van der Waals surface area contributed by atoms with Crippen LogP contribution in [-0.2, 0) is 0 Å². The monoisotopic (exact) mass is 302 g/mol. The lowest BCUT2D eigenvalue weighted by atomic mass is 10.1. The third-order valence-corrected chi connectivity index (χ3v) is 4.74. The van der Waals surface area contributed by atoms with Gasteiger partial charge in [-0.2, -0.15) is 0 Å². The largest absolute Gasteiger partial charge is 0.381 e. The molecule has 1 heterocycles. The Labute approximate surface area is 129 Å². The highest BCUT2D eigenvalue weighted by molar-refractivity contribution is 7.99. The molecule has 110 valence electrons. The Morgan fingerprint density at radius 1 is 1.19 bits per heavy atom. The standard InChI is InChI=1S/C17H19FN2S/c1-13-12-19-16-4-2-3-5-17(16)20(13)10-11-21-15-8-6-14(18)7-9-15/h2-9,13,19H,10-12H2,1H3. The average Bonchev–Trinajstić information content (AvgIpc) is 2.51. The molecule has 0 saturated carbocycles. The highest BCUT2D eigenvalue weighted by Gasteiger charge is 2.21. The molecule has 1 aliphatic rings. The van der Waals surface area contributed by atoms with E-state index < -0.39 is 0 Å². The molecule has 0 bridgehead atoms. The van der Waals surface area contributed by atoms with Crippen molar-refractivity contribution in [1.82, 2.24) is 0 Å². The van der Waals surface area contributed by atoms with E-state index in [1.165, 1.54) is 23.5 Å². The summed E-state index contributed by atoms with van der Waals surface area (Å²) in [5.41, 5.74) is 2.48. The Kier molecular flexibility index (Phi) is 4.34. The van der Waals surface area contributed by atoms with Gasteiger partial charge in [0.1, 0.15) is 5.82 Å². The third kappa shape index (κ3) is 3.32. The van der Waals surface area contributed by atoms with Crippen LogP contribution < -0.4 is 10.2 Å². The summed E-state index contributed by atoms with van der Waals surface area (Å²) in [6.45, 7) is 4.20. The van der Waals surface area contributed by atoms with Crippen LogP contribution in [0.3, 0.4) is 0 Å². The second-order valence-corrected chi connectivity index (χ2v) is 6.41. The van der Waals surface area contributed by atoms with Gasteiger partial charge >= 0.3 is 0 Å². The van der Waals surface area contributed by atoms with Gasteiger partial charge in [0.2, 0.25) is 0 Å². The Morgan fingerprint density at radius 3 is 2.76 bits per heavy atom. The minimum atomic E-state index is -0.177. The fourth-order valence-electron chi connectivity index (χ4n) is 2.61. The maximum atomic E-state index is 12.9. The first-order valence-electron chi connectivity index (χ1n) is 7.22. The maximum Gasteiger partial charge on any atom is 0.123 e. The van der Waals surface area contributed by atoms with Crippen molar-refractivity contribution >= 4 is 23.1 Å². The van der Waals surface area contributed by atoms with E-state index in [9.17, 15) is 4.39 Å². The van der Waals surface area contributed by atoms with E-state index in [0.29, 0.717) is 6.04 Å². The molecule has 0 amide bonds. The SMILES string of the molecule is CC1CNc2ccccc2N1CCSc1ccc(F)cc1. The van der Waals surface area contributed by atoms with Crippen LogP contribution in [0.5, 0.6) is 0 Å². The zero-order valence-corrected chi connectivity index (χ0v) is 12.9. The summed E-state index contributed by atoms with van der Waals surface area (Å²) < 4.78 is 12.9. The number of anilines is 2. The second-order valence-electron chi connectivity index (χ2n) is 5.24. The number of para-hydroxylation sites is 2. The minimum absolute atomic E-state index is 0.177. The molecule has 0 aliphatic carbocycles. The molecule has 2 aromatic rings. The Balaban J connectivity index is 1.63. The van der Waals surface area contributed by atoms with Gasteiger partial charge < -0.3 is 10.2 Å². The molecule has 4 heteroatoms. The lowest BCUT2D eigenvalue weighted by Gasteiger charge is -2.37. The van der Waals surface area contributed by atoms with Gasteiger partial charge in [-0.25, -0.2) is 4.39 Å². The van der Waals surface area contributed by atoms with Gasteiger partial charge in [-0.05, 0) is 43.3 Å². The fourth-order valence-corrected chi connectivity index (χ4v) is 3.46. The molecule has 21 heavy (non-hydrogen) atoms. The molecule has 1 N–H and O–H groups in total. The van der Waals surface area contributed by atoms with Crippen molar-refractivity contribution in [2.75, 3.05) is 29.1 Å². The Morgan fingerprint density at radius 2 is 1.95 bits per heavy atom. The smallest absolute Gasteiger partial charge is 0.123 e. The van der Waals surface area contributed by atoms with E-state index in [2.05, 4.69) is 41.4 Å². The van der Waals surface area contributed by atoms with Crippen molar-refractivity contribution in [2.45, 2.75) is 17.9 Å². The fraction of sp³-hybridized carbons (Fsp3) is 0.294. The molecule has 1 aliphatic heterocycles. The molecular formula is C17H19FN2S. The molecule has 3 rings (SSSR count). The molecule has 2 aromatic carbocycles. The normalized spacial score (nSPS) is 17.2. The summed E-state index contributed by atoms with van der Waals surface area (Å²) in [5.74, 6) is 0.814. The van der Waals surface area contributed by atoms with Gasteiger partial charge in [0, 0.05) is 29.8 Å². The number of hydrogen-bond acceptors (Lipinski definition) is 3. The first-order valence-corrected chi connectivity index (χ1v) is 8.20. The van der Waals surface area contributed by atoms with Crippen LogP contribution in [-0.4, -0.2) is 24.9 Å². The summed E-state index contributed by atoms with van der Waals surface area (Å²) in [6, 6.07) is 15.6. The van der Waals surface area contributed by atoms with Crippen LogP contribution in [0.2, 0.25) is 0 Å². The van der Waals surface area contributed by atoms with Crippen molar-refractivity contribution in [3.63, 3.8) is 0 Å². The quantitative estimate of drug-likeness (QED) is 0.851. The van der Waals surface area contributed by atoms with Crippen LogP contribution in [0.25, 0.3) is 0 Å². The van der Waals surface area contributed by atoms with E-state index in [1.807, 2.05) is 12.1 Å². The number of hydrogen-bond donors (Lipinski definition) is 1. The Bertz CT molecular complexity index is 600. The van der Waals surface area contributed by atoms with Gasteiger partial charge in [-0.1, -0.05) is 12.1 Å². The number of rotatable bonds is 4. The van der Waals surface area contributed by atoms with Crippen molar-refractivity contribution in [2.24, 2.45) is 0 Å². The number of fused-ring (bicyclic) bond motifs is 1. The molecule has 1 atom stereocenters. The number of nitrogens with one attached hydrogen (secondary N) is 1. The van der Waals surface area contributed by atoms with Gasteiger partial charge in [-0.3, -0.25) is 0 Å². The van der Waals surface area contributed by atoms with Crippen LogP contribution >= 0.6 is 11.8 Å². The molecular weight excluding hydrogens is 283 g/mol. The number of halogens is 1. The average molecular weight is 302 g/mol. The van der Waals surface area contributed by atoms with E-state index in [0.717, 1.165) is 23.7 Å². The summed E-state index contributed by atoms with van der Waals surface area (Å²) in [6.07, 6.45) is 0. The lowest BCUT2D eigenvalue weighted by molar-refractivity contribution is 0.626. The first kappa shape index (κ1) is 14.3. The van der Waals surface area contributed by atoms with E-state index in [4.69, 9.17) is 0 Å². The third-order valence-electron chi connectivity index (χ3n) is 3.75. The van der Waals surface area contributed by atoms with E-state index in [-0.39, 0.29) is 5.82 Å². The zero-order valence-electron chi connectivity index (χ0n) is 12.1. The second kappa shape index (κ2) is 6.39. The molecule has 2 nitrogen and oxygen atoms in total.